The van der Waals surface area contributed by atoms with Crippen LogP contribution >= 0.6 is 46.9 Å². The molecular weight excluding hydrogens is 433 g/mol. The molecule has 1 heterocycles. The third-order valence-electron chi connectivity index (χ3n) is 2.53. The Kier molecular flexibility index (Phi) is 7.98. The van der Waals surface area contributed by atoms with Crippen molar-refractivity contribution in [1.29, 1.82) is 0 Å². The van der Waals surface area contributed by atoms with Gasteiger partial charge in [0.15, 0.2) is 5.96 Å². The minimum absolute atomic E-state index is 0. The van der Waals surface area contributed by atoms with Crippen LogP contribution in [0.1, 0.15) is 18.7 Å². The summed E-state index contributed by atoms with van der Waals surface area (Å²) in [5, 5.41) is 3.04. The summed E-state index contributed by atoms with van der Waals surface area (Å²) >= 11 is 7.37. The van der Waals surface area contributed by atoms with Crippen molar-refractivity contribution in [3.05, 3.63) is 45.6 Å². The summed E-state index contributed by atoms with van der Waals surface area (Å²) in [6.45, 7) is 4.51. The van der Waals surface area contributed by atoms with Crippen LogP contribution in [0.3, 0.4) is 0 Å². The second-order valence-corrected chi connectivity index (χ2v) is 6.52. The van der Waals surface area contributed by atoms with E-state index in [2.05, 4.69) is 10.3 Å². The minimum atomic E-state index is 0. The van der Waals surface area contributed by atoms with E-state index in [9.17, 15) is 0 Å². The second kappa shape index (κ2) is 9.22. The lowest BCUT2D eigenvalue weighted by Gasteiger charge is -2.10. The van der Waals surface area contributed by atoms with Crippen molar-refractivity contribution in [2.75, 3.05) is 5.32 Å². The van der Waals surface area contributed by atoms with Gasteiger partial charge in [0.1, 0.15) is 5.75 Å². The van der Waals surface area contributed by atoms with E-state index in [1.807, 2.05) is 50.2 Å². The van der Waals surface area contributed by atoms with Gasteiger partial charge < -0.3 is 15.8 Å². The number of rotatable bonds is 5. The van der Waals surface area contributed by atoms with Crippen LogP contribution in [0.15, 0.2) is 41.4 Å². The Morgan fingerprint density at radius 3 is 2.50 bits per heavy atom. The van der Waals surface area contributed by atoms with E-state index >= 15 is 0 Å². The van der Waals surface area contributed by atoms with Crippen LogP contribution in [0.4, 0.5) is 5.69 Å². The van der Waals surface area contributed by atoms with E-state index < -0.39 is 0 Å². The topological polar surface area (TPSA) is 59.6 Å². The van der Waals surface area contributed by atoms with Crippen molar-refractivity contribution in [1.82, 2.24) is 0 Å². The van der Waals surface area contributed by atoms with Crippen LogP contribution < -0.4 is 15.8 Å². The van der Waals surface area contributed by atoms with E-state index in [4.69, 9.17) is 22.1 Å². The van der Waals surface area contributed by atoms with Gasteiger partial charge in [-0.25, -0.2) is 4.99 Å². The molecule has 0 aliphatic carbocycles. The van der Waals surface area contributed by atoms with Gasteiger partial charge in [0, 0.05) is 10.6 Å². The highest BCUT2D eigenvalue weighted by atomic mass is 127. The molecule has 2 aromatic rings. The molecule has 4 nitrogen and oxygen atoms in total. The fourth-order valence-corrected chi connectivity index (χ4v) is 2.69. The summed E-state index contributed by atoms with van der Waals surface area (Å²) < 4.78 is 6.34. The average Bonchev–Trinajstić information content (AvgIpc) is 2.84. The van der Waals surface area contributed by atoms with Crippen molar-refractivity contribution in [2.45, 2.75) is 26.5 Å². The summed E-state index contributed by atoms with van der Waals surface area (Å²) in [5.74, 6) is 1.20. The number of nitrogens with one attached hydrogen (secondary N) is 1. The number of anilines is 1. The highest BCUT2D eigenvalue weighted by Gasteiger charge is 2.00. The quantitative estimate of drug-likeness (QED) is 0.392. The largest absolute Gasteiger partial charge is 0.491 e. The monoisotopic (exact) mass is 451 g/mol. The lowest BCUT2D eigenvalue weighted by Crippen LogP contribution is -2.22. The lowest BCUT2D eigenvalue weighted by molar-refractivity contribution is 0.242. The zero-order chi connectivity index (χ0) is 15.2. The Balaban J connectivity index is 0.00000242. The Bertz CT molecular complexity index is 614. The molecule has 0 bridgehead atoms. The number of aliphatic imine (C=N–C) groups is 1. The number of hydrogen-bond donors (Lipinski definition) is 2. The van der Waals surface area contributed by atoms with E-state index in [0.29, 0.717) is 12.5 Å². The number of nitrogens with two attached hydrogens (primary N) is 1. The summed E-state index contributed by atoms with van der Waals surface area (Å²) in [4.78, 5) is 5.35. The van der Waals surface area contributed by atoms with Gasteiger partial charge in [0.25, 0.3) is 0 Å². The molecule has 1 aromatic heterocycles. The number of thiophene rings is 1. The molecule has 0 spiro atoms. The first kappa shape index (κ1) is 19.1. The Morgan fingerprint density at radius 2 is 1.95 bits per heavy atom. The molecule has 0 unspecified atom stereocenters. The molecule has 2 rings (SSSR count). The van der Waals surface area contributed by atoms with Gasteiger partial charge in [-0.1, -0.05) is 11.6 Å². The Hall–Kier alpha value is -0.990. The summed E-state index contributed by atoms with van der Waals surface area (Å²) in [5.41, 5.74) is 6.73. The van der Waals surface area contributed by atoms with E-state index in [0.717, 1.165) is 20.7 Å². The van der Waals surface area contributed by atoms with Crippen molar-refractivity contribution in [2.24, 2.45) is 10.7 Å². The van der Waals surface area contributed by atoms with Crippen molar-refractivity contribution >= 4 is 58.6 Å². The number of guanidine groups is 1. The second-order valence-electron chi connectivity index (χ2n) is 4.72. The van der Waals surface area contributed by atoms with Gasteiger partial charge in [-0.15, -0.1) is 35.3 Å². The van der Waals surface area contributed by atoms with Crippen LogP contribution in [-0.4, -0.2) is 12.1 Å². The zero-order valence-electron chi connectivity index (χ0n) is 12.4. The fourth-order valence-electron chi connectivity index (χ4n) is 1.68. The Labute approximate surface area is 156 Å². The van der Waals surface area contributed by atoms with Gasteiger partial charge >= 0.3 is 0 Å². The highest BCUT2D eigenvalue weighted by molar-refractivity contribution is 14.0. The molecule has 120 valence electrons. The van der Waals surface area contributed by atoms with Gasteiger partial charge in [0.05, 0.1) is 17.0 Å². The third kappa shape index (κ3) is 6.41. The van der Waals surface area contributed by atoms with Crippen LogP contribution in [0.25, 0.3) is 0 Å². The molecule has 3 N–H and O–H groups in total. The smallest absolute Gasteiger partial charge is 0.193 e. The van der Waals surface area contributed by atoms with Gasteiger partial charge in [-0.3, -0.25) is 0 Å². The van der Waals surface area contributed by atoms with Crippen LogP contribution in [-0.2, 0) is 6.54 Å². The molecule has 7 heteroatoms. The SMILES string of the molecule is CC(C)Oc1ccc(NC(N)=NCc2ccc(Cl)s2)cc1.I. The predicted molar refractivity (Wildman–Crippen MR) is 106 cm³/mol. The standard InChI is InChI=1S/C15H18ClN3OS.HI/c1-10(2)20-12-5-3-11(4-6-12)19-15(17)18-9-13-7-8-14(16)21-13;/h3-8,10H,9H2,1-2H3,(H3,17,18,19);1H. The van der Waals surface area contributed by atoms with Gasteiger partial charge in [0.2, 0.25) is 0 Å². The molecular formula is C15H19ClIN3OS. The number of hydrogen-bond acceptors (Lipinski definition) is 3. The van der Waals surface area contributed by atoms with Gasteiger partial charge in [-0.05, 0) is 50.2 Å². The summed E-state index contributed by atoms with van der Waals surface area (Å²) in [7, 11) is 0. The molecule has 0 aliphatic rings. The van der Waals surface area contributed by atoms with E-state index in [1.165, 1.54) is 11.3 Å². The van der Waals surface area contributed by atoms with Crippen molar-refractivity contribution < 1.29 is 4.74 Å². The van der Waals surface area contributed by atoms with Crippen LogP contribution in [0, 0.1) is 0 Å². The molecule has 0 radical (unpaired) electrons. The lowest BCUT2D eigenvalue weighted by atomic mass is 10.3. The van der Waals surface area contributed by atoms with E-state index in [-0.39, 0.29) is 30.1 Å². The molecule has 0 saturated carbocycles. The summed E-state index contributed by atoms with van der Waals surface area (Å²) in [6.07, 6.45) is 0.160. The van der Waals surface area contributed by atoms with E-state index in [1.54, 1.807) is 0 Å². The molecule has 0 atom stereocenters. The van der Waals surface area contributed by atoms with Crippen LogP contribution in [0.2, 0.25) is 4.34 Å². The molecule has 22 heavy (non-hydrogen) atoms. The molecule has 0 aliphatic heterocycles. The Morgan fingerprint density at radius 1 is 1.27 bits per heavy atom. The number of halogens is 2. The molecule has 1 aromatic carbocycles. The minimum Gasteiger partial charge on any atom is -0.491 e. The first-order chi connectivity index (χ1) is 10.0. The molecule has 0 amide bonds. The maximum atomic E-state index is 5.87. The van der Waals surface area contributed by atoms with Crippen LogP contribution in [0.5, 0.6) is 5.75 Å². The number of ether oxygens (including phenoxy) is 1. The normalized spacial score (nSPS) is 11.2. The number of nitrogens with zero attached hydrogens (tertiary/aromatic N) is 1. The highest BCUT2D eigenvalue weighted by Crippen LogP contribution is 2.22. The fraction of sp³-hybridized carbons (Fsp3) is 0.267. The molecule has 0 saturated heterocycles. The van der Waals surface area contributed by atoms with Crippen molar-refractivity contribution in [3.63, 3.8) is 0 Å². The maximum Gasteiger partial charge on any atom is 0.193 e. The first-order valence-corrected chi connectivity index (χ1v) is 7.80. The average molecular weight is 452 g/mol. The summed E-state index contributed by atoms with van der Waals surface area (Å²) in [6, 6.07) is 11.4. The maximum absolute atomic E-state index is 5.87. The third-order valence-corrected chi connectivity index (χ3v) is 3.75. The zero-order valence-corrected chi connectivity index (χ0v) is 16.3. The number of benzene rings is 1. The van der Waals surface area contributed by atoms with Gasteiger partial charge in [-0.2, -0.15) is 0 Å². The predicted octanol–water partition coefficient (Wildman–Crippen LogP) is 4.73. The first-order valence-electron chi connectivity index (χ1n) is 6.61. The molecule has 0 fully saturated rings. The van der Waals surface area contributed by atoms with Crippen molar-refractivity contribution in [3.8, 4) is 5.75 Å².